The van der Waals surface area contributed by atoms with Crippen LogP contribution in [-0.4, -0.2) is 45.8 Å². The maximum Gasteiger partial charge on any atom is 0.573 e. The van der Waals surface area contributed by atoms with Crippen LogP contribution in [-0.2, 0) is 0 Å². The molecule has 0 amide bonds. The van der Waals surface area contributed by atoms with Crippen molar-refractivity contribution in [2.24, 2.45) is 0 Å². The molecule has 3 rings (SSSR count). The Morgan fingerprint density at radius 1 is 1.26 bits per heavy atom. The lowest BCUT2D eigenvalue weighted by atomic mass is 10.0. The minimum atomic E-state index is -4.71. The summed E-state index contributed by atoms with van der Waals surface area (Å²) in [6, 6.07) is 7.46. The van der Waals surface area contributed by atoms with Crippen molar-refractivity contribution in [2.75, 3.05) is 19.6 Å². The number of likely N-dealkylation sites (tertiary alicyclic amines) is 1. The van der Waals surface area contributed by atoms with Gasteiger partial charge in [0.25, 0.3) is 0 Å². The average molecular weight is 327 g/mol. The lowest BCUT2D eigenvalue weighted by Gasteiger charge is -2.40. The van der Waals surface area contributed by atoms with E-state index in [0.717, 1.165) is 13.1 Å². The SMILES string of the molecule is O[C@H](CN1CC(n2cccn2)C1)c1ccc(OC(F)(F)F)cc1. The molecule has 2 aromatic rings. The van der Waals surface area contributed by atoms with Gasteiger partial charge in [0.05, 0.1) is 12.1 Å². The number of rotatable bonds is 5. The third kappa shape index (κ3) is 4.02. The molecule has 124 valence electrons. The summed E-state index contributed by atoms with van der Waals surface area (Å²) < 4.78 is 42.0. The molecule has 0 spiro atoms. The highest BCUT2D eigenvalue weighted by molar-refractivity contribution is 5.28. The van der Waals surface area contributed by atoms with Crippen LogP contribution in [0.4, 0.5) is 13.2 Å². The van der Waals surface area contributed by atoms with Crippen LogP contribution in [0.2, 0.25) is 0 Å². The second-order valence-corrected chi connectivity index (χ2v) is 5.49. The van der Waals surface area contributed by atoms with E-state index >= 15 is 0 Å². The molecule has 0 unspecified atom stereocenters. The number of hydrogen-bond donors (Lipinski definition) is 1. The first kappa shape index (κ1) is 15.8. The first-order valence-corrected chi connectivity index (χ1v) is 7.16. The molecule has 0 bridgehead atoms. The second-order valence-electron chi connectivity index (χ2n) is 5.49. The topological polar surface area (TPSA) is 50.5 Å². The van der Waals surface area contributed by atoms with Gasteiger partial charge in [-0.15, -0.1) is 13.2 Å². The smallest absolute Gasteiger partial charge is 0.406 e. The Balaban J connectivity index is 1.50. The van der Waals surface area contributed by atoms with E-state index in [1.165, 1.54) is 24.3 Å². The molecule has 23 heavy (non-hydrogen) atoms. The van der Waals surface area contributed by atoms with Gasteiger partial charge in [-0.1, -0.05) is 12.1 Å². The highest BCUT2D eigenvalue weighted by Crippen LogP contribution is 2.26. The lowest BCUT2D eigenvalue weighted by molar-refractivity contribution is -0.274. The summed E-state index contributed by atoms with van der Waals surface area (Å²) in [5.74, 6) is -0.295. The van der Waals surface area contributed by atoms with Crippen LogP contribution in [0.25, 0.3) is 0 Å². The number of alkyl halides is 3. The summed E-state index contributed by atoms with van der Waals surface area (Å²) in [6.45, 7) is 2.00. The zero-order valence-electron chi connectivity index (χ0n) is 12.1. The molecule has 0 aliphatic carbocycles. The Morgan fingerprint density at radius 2 is 1.96 bits per heavy atom. The summed E-state index contributed by atoms with van der Waals surface area (Å²) in [5, 5.41) is 14.3. The minimum Gasteiger partial charge on any atom is -0.406 e. The number of aliphatic hydroxyl groups excluding tert-OH is 1. The Kier molecular flexibility index (Phi) is 4.27. The van der Waals surface area contributed by atoms with Crippen molar-refractivity contribution < 1.29 is 23.0 Å². The predicted molar refractivity (Wildman–Crippen MR) is 75.8 cm³/mol. The van der Waals surface area contributed by atoms with Crippen molar-refractivity contribution in [3.05, 3.63) is 48.3 Å². The Hall–Kier alpha value is -2.06. The summed E-state index contributed by atoms with van der Waals surface area (Å²) in [5.41, 5.74) is 0.557. The largest absolute Gasteiger partial charge is 0.573 e. The van der Waals surface area contributed by atoms with E-state index in [9.17, 15) is 18.3 Å². The third-order valence-electron chi connectivity index (χ3n) is 3.77. The van der Waals surface area contributed by atoms with Gasteiger partial charge in [-0.2, -0.15) is 5.10 Å². The van der Waals surface area contributed by atoms with Gasteiger partial charge >= 0.3 is 6.36 Å². The minimum absolute atomic E-state index is 0.295. The molecule has 2 heterocycles. The van der Waals surface area contributed by atoms with Crippen molar-refractivity contribution in [1.29, 1.82) is 0 Å². The second kappa shape index (κ2) is 6.21. The molecular formula is C15H16F3N3O2. The monoisotopic (exact) mass is 327 g/mol. The molecule has 0 radical (unpaired) electrons. The molecule has 1 saturated heterocycles. The van der Waals surface area contributed by atoms with Gasteiger partial charge in [-0.05, 0) is 23.8 Å². The number of hydrogen-bond acceptors (Lipinski definition) is 4. The van der Waals surface area contributed by atoms with E-state index in [0.29, 0.717) is 18.2 Å². The number of aromatic nitrogens is 2. The summed E-state index contributed by atoms with van der Waals surface area (Å²) in [4.78, 5) is 2.07. The van der Waals surface area contributed by atoms with Gasteiger partial charge in [0.1, 0.15) is 5.75 Å². The third-order valence-corrected chi connectivity index (χ3v) is 3.77. The fourth-order valence-electron chi connectivity index (χ4n) is 2.60. The van der Waals surface area contributed by atoms with E-state index in [4.69, 9.17) is 0 Å². The molecule has 1 N–H and O–H groups in total. The lowest BCUT2D eigenvalue weighted by Crippen LogP contribution is -2.49. The predicted octanol–water partition coefficient (Wildman–Crippen LogP) is 2.37. The Labute approximate surface area is 130 Å². The van der Waals surface area contributed by atoms with Crippen molar-refractivity contribution in [3.8, 4) is 5.75 Å². The zero-order chi connectivity index (χ0) is 16.4. The van der Waals surface area contributed by atoms with E-state index in [2.05, 4.69) is 14.7 Å². The van der Waals surface area contributed by atoms with Crippen LogP contribution in [0.15, 0.2) is 42.7 Å². The van der Waals surface area contributed by atoms with Gasteiger partial charge in [0.15, 0.2) is 0 Å². The van der Waals surface area contributed by atoms with Crippen molar-refractivity contribution in [1.82, 2.24) is 14.7 Å². The fourth-order valence-corrected chi connectivity index (χ4v) is 2.60. The highest BCUT2D eigenvalue weighted by atomic mass is 19.4. The van der Waals surface area contributed by atoms with Crippen LogP contribution in [0, 0.1) is 0 Å². The van der Waals surface area contributed by atoms with E-state index < -0.39 is 12.5 Å². The quantitative estimate of drug-likeness (QED) is 0.916. The van der Waals surface area contributed by atoms with Gasteiger partial charge < -0.3 is 9.84 Å². The van der Waals surface area contributed by atoms with Crippen LogP contribution in [0.5, 0.6) is 5.75 Å². The van der Waals surface area contributed by atoms with E-state index in [1.54, 1.807) is 6.20 Å². The van der Waals surface area contributed by atoms with Crippen molar-refractivity contribution in [3.63, 3.8) is 0 Å². The number of ether oxygens (including phenoxy) is 1. The fraction of sp³-hybridized carbons (Fsp3) is 0.400. The average Bonchev–Trinajstić information content (AvgIpc) is 2.94. The van der Waals surface area contributed by atoms with Crippen molar-refractivity contribution >= 4 is 0 Å². The molecular weight excluding hydrogens is 311 g/mol. The molecule has 1 fully saturated rings. The van der Waals surface area contributed by atoms with Gasteiger partial charge in [-0.25, -0.2) is 0 Å². The molecule has 5 nitrogen and oxygen atoms in total. The van der Waals surface area contributed by atoms with Crippen LogP contribution in [0.3, 0.4) is 0 Å². The van der Waals surface area contributed by atoms with Crippen LogP contribution >= 0.6 is 0 Å². The van der Waals surface area contributed by atoms with E-state index in [1.807, 2.05) is 16.9 Å². The van der Waals surface area contributed by atoms with E-state index in [-0.39, 0.29) is 5.75 Å². The number of nitrogens with zero attached hydrogens (tertiary/aromatic N) is 3. The highest BCUT2D eigenvalue weighted by Gasteiger charge is 2.32. The number of benzene rings is 1. The number of β-amino-alcohol motifs (C(OH)–C–C–N with tert-alkyl or cyclic N) is 1. The maximum absolute atomic E-state index is 12.1. The number of aliphatic hydroxyl groups is 1. The molecule has 1 atom stereocenters. The summed E-state index contributed by atoms with van der Waals surface area (Å²) >= 11 is 0. The zero-order valence-corrected chi connectivity index (χ0v) is 12.1. The molecule has 1 aliphatic heterocycles. The summed E-state index contributed by atoms with van der Waals surface area (Å²) in [7, 11) is 0. The van der Waals surface area contributed by atoms with Gasteiger partial charge in [0, 0.05) is 32.0 Å². The molecule has 1 aromatic carbocycles. The first-order chi connectivity index (χ1) is 10.9. The Morgan fingerprint density at radius 3 is 2.52 bits per heavy atom. The maximum atomic E-state index is 12.1. The van der Waals surface area contributed by atoms with Crippen molar-refractivity contribution in [2.45, 2.75) is 18.5 Å². The summed E-state index contributed by atoms with van der Waals surface area (Å²) in [6.07, 6.45) is -1.84. The standard InChI is InChI=1S/C15H16F3N3O2/c16-15(17,18)23-13-4-2-11(3-5-13)14(22)10-20-8-12(9-20)21-7-1-6-19-21/h1-7,12,14,22H,8-10H2/t14-/m1/s1. The van der Waals surface area contributed by atoms with Crippen LogP contribution < -0.4 is 4.74 Å². The molecule has 0 saturated carbocycles. The van der Waals surface area contributed by atoms with Crippen LogP contribution in [0.1, 0.15) is 17.7 Å². The Bertz CT molecular complexity index is 622. The van der Waals surface area contributed by atoms with Gasteiger partial charge in [-0.3, -0.25) is 9.58 Å². The molecule has 1 aliphatic rings. The molecule has 8 heteroatoms. The van der Waals surface area contributed by atoms with Gasteiger partial charge in [0.2, 0.25) is 0 Å². The first-order valence-electron chi connectivity index (χ1n) is 7.16. The number of halogens is 3. The molecule has 1 aromatic heterocycles. The normalized spacial score (nSPS) is 17.7.